The lowest BCUT2D eigenvalue weighted by molar-refractivity contribution is 0.323. The first-order valence-corrected chi connectivity index (χ1v) is 7.72. The van der Waals surface area contributed by atoms with E-state index < -0.39 is 0 Å². The molecule has 1 aliphatic heterocycles. The zero-order chi connectivity index (χ0) is 14.8. The van der Waals surface area contributed by atoms with E-state index in [1.54, 1.807) is 0 Å². The molecule has 22 heavy (non-hydrogen) atoms. The van der Waals surface area contributed by atoms with E-state index in [0.717, 1.165) is 19.6 Å². The van der Waals surface area contributed by atoms with E-state index in [9.17, 15) is 0 Å². The molecule has 118 valence electrons. The Labute approximate surface area is 139 Å². The van der Waals surface area contributed by atoms with E-state index in [2.05, 4.69) is 67.3 Å². The molecule has 0 saturated carbocycles. The van der Waals surface area contributed by atoms with Gasteiger partial charge in [0.1, 0.15) is 0 Å². The Bertz CT molecular complexity index is 612. The van der Waals surface area contributed by atoms with Crippen LogP contribution in [0.2, 0.25) is 0 Å². The summed E-state index contributed by atoms with van der Waals surface area (Å²) in [7, 11) is 0. The molecule has 1 aliphatic rings. The molecule has 2 aromatic rings. The van der Waals surface area contributed by atoms with Crippen molar-refractivity contribution in [2.75, 3.05) is 13.1 Å². The first kappa shape index (κ1) is 17.0. The number of halogens is 1. The van der Waals surface area contributed by atoms with Crippen molar-refractivity contribution in [1.82, 2.24) is 4.90 Å². The maximum Gasteiger partial charge on any atom is 0.0250 e. The van der Waals surface area contributed by atoms with Gasteiger partial charge in [0.05, 0.1) is 0 Å². The zero-order valence-corrected chi connectivity index (χ0v) is 14.1. The topological polar surface area (TPSA) is 29.3 Å². The lowest BCUT2D eigenvalue weighted by atomic mass is 9.95. The van der Waals surface area contributed by atoms with Crippen LogP contribution in [-0.4, -0.2) is 24.0 Å². The van der Waals surface area contributed by atoms with Crippen LogP contribution in [0.5, 0.6) is 0 Å². The van der Waals surface area contributed by atoms with Crippen LogP contribution in [0.15, 0.2) is 48.5 Å². The molecule has 0 spiro atoms. The number of rotatable bonds is 3. The van der Waals surface area contributed by atoms with E-state index in [1.807, 2.05) is 0 Å². The van der Waals surface area contributed by atoms with Gasteiger partial charge in [0.15, 0.2) is 0 Å². The predicted molar refractivity (Wildman–Crippen MR) is 95.6 cm³/mol. The smallest absolute Gasteiger partial charge is 0.0250 e. The number of aryl methyl sites for hydroxylation is 2. The molecule has 0 bridgehead atoms. The number of benzene rings is 2. The molecule has 2 aromatic carbocycles. The van der Waals surface area contributed by atoms with E-state index in [0.29, 0.717) is 5.92 Å². The minimum Gasteiger partial charge on any atom is -0.326 e. The lowest BCUT2D eigenvalue weighted by Crippen LogP contribution is -2.28. The molecule has 0 aromatic heterocycles. The van der Waals surface area contributed by atoms with Gasteiger partial charge < -0.3 is 5.73 Å². The largest absolute Gasteiger partial charge is 0.326 e. The maximum atomic E-state index is 6.37. The highest BCUT2D eigenvalue weighted by molar-refractivity contribution is 5.85. The Morgan fingerprint density at radius 1 is 1.00 bits per heavy atom. The SMILES string of the molecule is Cc1ccc(CN2C[C@@H](N)[C@H](c3ccccc3)C2)cc1C.Cl. The molecule has 1 saturated heterocycles. The minimum absolute atomic E-state index is 0. The van der Waals surface area contributed by atoms with Gasteiger partial charge in [-0.2, -0.15) is 0 Å². The van der Waals surface area contributed by atoms with E-state index in [1.165, 1.54) is 22.3 Å². The quantitative estimate of drug-likeness (QED) is 0.936. The highest BCUT2D eigenvalue weighted by Gasteiger charge is 2.30. The van der Waals surface area contributed by atoms with Crippen LogP contribution in [0.3, 0.4) is 0 Å². The Morgan fingerprint density at radius 2 is 1.73 bits per heavy atom. The van der Waals surface area contributed by atoms with Crippen molar-refractivity contribution in [3.05, 3.63) is 70.8 Å². The second-order valence-electron chi connectivity index (χ2n) is 6.29. The average molecular weight is 317 g/mol. The number of hydrogen-bond acceptors (Lipinski definition) is 2. The van der Waals surface area contributed by atoms with Crippen molar-refractivity contribution in [3.63, 3.8) is 0 Å². The summed E-state index contributed by atoms with van der Waals surface area (Å²) in [6.07, 6.45) is 0. The first-order valence-electron chi connectivity index (χ1n) is 7.72. The molecular formula is C19H25ClN2. The van der Waals surface area contributed by atoms with E-state index >= 15 is 0 Å². The van der Waals surface area contributed by atoms with Crippen LogP contribution < -0.4 is 5.73 Å². The lowest BCUT2D eigenvalue weighted by Gasteiger charge is -2.17. The molecule has 3 rings (SSSR count). The van der Waals surface area contributed by atoms with Crippen LogP contribution in [0.1, 0.15) is 28.2 Å². The fraction of sp³-hybridized carbons (Fsp3) is 0.368. The van der Waals surface area contributed by atoms with Gasteiger partial charge in [-0.05, 0) is 36.1 Å². The van der Waals surface area contributed by atoms with Gasteiger partial charge in [0, 0.05) is 31.6 Å². The van der Waals surface area contributed by atoms with Gasteiger partial charge in [-0.1, -0.05) is 48.5 Å². The summed E-state index contributed by atoms with van der Waals surface area (Å²) in [5.41, 5.74) is 11.9. The third-order valence-corrected chi connectivity index (χ3v) is 4.65. The Kier molecular flexibility index (Phi) is 5.63. The Hall–Kier alpha value is -1.35. The molecule has 3 heteroatoms. The Balaban J connectivity index is 0.00000176. The molecule has 0 amide bonds. The summed E-state index contributed by atoms with van der Waals surface area (Å²) in [5.74, 6) is 0.456. The normalized spacial score (nSPS) is 21.6. The summed E-state index contributed by atoms with van der Waals surface area (Å²) >= 11 is 0. The third-order valence-electron chi connectivity index (χ3n) is 4.65. The molecule has 0 unspecified atom stereocenters. The van der Waals surface area contributed by atoms with Crippen LogP contribution in [0.25, 0.3) is 0 Å². The van der Waals surface area contributed by atoms with Crippen molar-refractivity contribution >= 4 is 12.4 Å². The standard InChI is InChI=1S/C19H24N2.ClH/c1-14-8-9-16(10-15(14)2)11-21-12-18(19(20)13-21)17-6-4-3-5-7-17;/h3-10,18-19H,11-13,20H2,1-2H3;1H/t18-,19+;/m0./s1. The average Bonchev–Trinajstić information content (AvgIpc) is 2.84. The zero-order valence-electron chi connectivity index (χ0n) is 13.3. The van der Waals surface area contributed by atoms with Crippen molar-refractivity contribution in [2.24, 2.45) is 5.73 Å². The fourth-order valence-corrected chi connectivity index (χ4v) is 3.26. The van der Waals surface area contributed by atoms with Gasteiger partial charge in [0.2, 0.25) is 0 Å². The number of likely N-dealkylation sites (tertiary alicyclic amines) is 1. The van der Waals surface area contributed by atoms with Crippen LogP contribution in [0, 0.1) is 13.8 Å². The van der Waals surface area contributed by atoms with Crippen molar-refractivity contribution in [1.29, 1.82) is 0 Å². The molecular weight excluding hydrogens is 292 g/mol. The summed E-state index contributed by atoms with van der Waals surface area (Å²) in [5, 5.41) is 0. The number of hydrogen-bond donors (Lipinski definition) is 1. The van der Waals surface area contributed by atoms with Gasteiger partial charge in [-0.3, -0.25) is 4.90 Å². The van der Waals surface area contributed by atoms with Gasteiger partial charge in [0.25, 0.3) is 0 Å². The summed E-state index contributed by atoms with van der Waals surface area (Å²) < 4.78 is 0. The predicted octanol–water partition coefficient (Wildman–Crippen LogP) is 3.65. The maximum absolute atomic E-state index is 6.37. The number of nitrogens with two attached hydrogens (primary N) is 1. The van der Waals surface area contributed by atoms with Crippen molar-refractivity contribution in [2.45, 2.75) is 32.4 Å². The molecule has 2 N–H and O–H groups in total. The van der Waals surface area contributed by atoms with Gasteiger partial charge in [-0.15, -0.1) is 12.4 Å². The minimum atomic E-state index is 0. The molecule has 1 heterocycles. The molecule has 0 radical (unpaired) electrons. The van der Waals surface area contributed by atoms with Crippen LogP contribution in [0.4, 0.5) is 0 Å². The second kappa shape index (κ2) is 7.28. The van der Waals surface area contributed by atoms with Gasteiger partial charge in [-0.25, -0.2) is 0 Å². The molecule has 2 atom stereocenters. The summed E-state index contributed by atoms with van der Waals surface area (Å²) in [4.78, 5) is 2.48. The highest BCUT2D eigenvalue weighted by atomic mass is 35.5. The third kappa shape index (κ3) is 3.70. The van der Waals surface area contributed by atoms with Crippen LogP contribution in [-0.2, 0) is 6.54 Å². The second-order valence-corrected chi connectivity index (χ2v) is 6.29. The monoisotopic (exact) mass is 316 g/mol. The fourth-order valence-electron chi connectivity index (χ4n) is 3.26. The van der Waals surface area contributed by atoms with E-state index in [4.69, 9.17) is 5.73 Å². The van der Waals surface area contributed by atoms with Gasteiger partial charge >= 0.3 is 0 Å². The highest BCUT2D eigenvalue weighted by Crippen LogP contribution is 2.27. The number of nitrogens with zero attached hydrogens (tertiary/aromatic N) is 1. The molecule has 2 nitrogen and oxygen atoms in total. The summed E-state index contributed by atoms with van der Waals surface area (Å²) in [6, 6.07) is 17.7. The summed E-state index contributed by atoms with van der Waals surface area (Å²) in [6.45, 7) is 7.38. The Morgan fingerprint density at radius 3 is 2.41 bits per heavy atom. The van der Waals surface area contributed by atoms with Crippen molar-refractivity contribution < 1.29 is 0 Å². The van der Waals surface area contributed by atoms with E-state index in [-0.39, 0.29) is 18.4 Å². The first-order chi connectivity index (χ1) is 10.1. The van der Waals surface area contributed by atoms with Crippen molar-refractivity contribution in [3.8, 4) is 0 Å². The molecule has 1 fully saturated rings. The van der Waals surface area contributed by atoms with Crippen LogP contribution >= 0.6 is 12.4 Å². The molecule has 0 aliphatic carbocycles.